The van der Waals surface area contributed by atoms with Crippen molar-refractivity contribution in [1.82, 2.24) is 3.97 Å². The van der Waals surface area contributed by atoms with E-state index in [0.29, 0.717) is 6.42 Å². The van der Waals surface area contributed by atoms with Crippen LogP contribution in [0.4, 0.5) is 4.39 Å². The minimum Gasteiger partial charge on any atom is -0.245 e. The Morgan fingerprint density at radius 3 is 2.10 bits per heavy atom. The van der Waals surface area contributed by atoms with Crippen molar-refractivity contribution in [3.8, 4) is 11.1 Å². The standard InChI is InChI=1S/C24H28FNO2S/c1-3-5-12-22-23(19-10-8-7-9-11-19)18-26(24(22)13-6-4-2)29(27,28)21-16-14-20(25)15-17-21/h7-11,14-18H,3-6,12-13H2,1-2H3. The average molecular weight is 414 g/mol. The van der Waals surface area contributed by atoms with E-state index in [1.165, 1.54) is 28.2 Å². The maximum atomic E-state index is 13.4. The van der Waals surface area contributed by atoms with Gasteiger partial charge in [-0.15, -0.1) is 0 Å². The fourth-order valence-electron chi connectivity index (χ4n) is 3.60. The third-order valence-corrected chi connectivity index (χ3v) is 6.90. The fourth-order valence-corrected chi connectivity index (χ4v) is 5.04. The first-order valence-corrected chi connectivity index (χ1v) is 11.7. The van der Waals surface area contributed by atoms with Gasteiger partial charge in [0.05, 0.1) is 4.90 Å². The van der Waals surface area contributed by atoms with Crippen LogP contribution in [0.5, 0.6) is 0 Å². The minimum atomic E-state index is -3.80. The molecule has 0 aliphatic heterocycles. The van der Waals surface area contributed by atoms with Gasteiger partial charge in [0.25, 0.3) is 10.0 Å². The van der Waals surface area contributed by atoms with Gasteiger partial charge in [0.15, 0.2) is 0 Å². The Morgan fingerprint density at radius 2 is 1.48 bits per heavy atom. The first kappa shape index (κ1) is 21.3. The summed E-state index contributed by atoms with van der Waals surface area (Å²) in [6.07, 6.45) is 7.22. The van der Waals surface area contributed by atoms with Crippen molar-refractivity contribution in [2.45, 2.75) is 57.3 Å². The van der Waals surface area contributed by atoms with Gasteiger partial charge < -0.3 is 0 Å². The van der Waals surface area contributed by atoms with E-state index in [1.807, 2.05) is 30.3 Å². The van der Waals surface area contributed by atoms with Gasteiger partial charge in [-0.25, -0.2) is 16.8 Å². The largest absolute Gasteiger partial charge is 0.267 e. The van der Waals surface area contributed by atoms with E-state index in [-0.39, 0.29) is 4.90 Å². The lowest BCUT2D eigenvalue weighted by molar-refractivity contribution is 0.582. The van der Waals surface area contributed by atoms with Gasteiger partial charge in [0, 0.05) is 17.5 Å². The number of nitrogens with zero attached hydrogens (tertiary/aromatic N) is 1. The number of hydrogen-bond donors (Lipinski definition) is 0. The SMILES string of the molecule is CCCCc1c(-c2ccccc2)cn(S(=O)(=O)c2ccc(F)cc2)c1CCCC. The van der Waals surface area contributed by atoms with Crippen LogP contribution < -0.4 is 0 Å². The van der Waals surface area contributed by atoms with Crippen LogP contribution in [0, 0.1) is 5.82 Å². The zero-order valence-electron chi connectivity index (χ0n) is 17.1. The maximum Gasteiger partial charge on any atom is 0.267 e. The molecule has 0 spiro atoms. The summed E-state index contributed by atoms with van der Waals surface area (Å²) < 4.78 is 41.7. The highest BCUT2D eigenvalue weighted by atomic mass is 32.2. The molecule has 5 heteroatoms. The first-order valence-electron chi connectivity index (χ1n) is 10.3. The van der Waals surface area contributed by atoms with E-state index in [1.54, 1.807) is 6.20 Å². The van der Waals surface area contributed by atoms with E-state index in [4.69, 9.17) is 0 Å². The van der Waals surface area contributed by atoms with Crippen LogP contribution in [0.25, 0.3) is 11.1 Å². The summed E-state index contributed by atoms with van der Waals surface area (Å²) in [5, 5.41) is 0. The Hall–Kier alpha value is -2.40. The highest BCUT2D eigenvalue weighted by Gasteiger charge is 2.25. The molecule has 3 rings (SSSR count). The molecule has 0 atom stereocenters. The summed E-state index contributed by atoms with van der Waals surface area (Å²) in [5.74, 6) is -0.448. The summed E-state index contributed by atoms with van der Waals surface area (Å²) in [7, 11) is -3.80. The van der Waals surface area contributed by atoms with Gasteiger partial charge >= 0.3 is 0 Å². The molecule has 29 heavy (non-hydrogen) atoms. The molecule has 154 valence electrons. The summed E-state index contributed by atoms with van der Waals surface area (Å²) in [6, 6.07) is 15.0. The van der Waals surface area contributed by atoms with Crippen molar-refractivity contribution in [2.75, 3.05) is 0 Å². The quantitative estimate of drug-likeness (QED) is 0.418. The van der Waals surface area contributed by atoms with Gasteiger partial charge in [-0.3, -0.25) is 0 Å². The third-order valence-electron chi connectivity index (χ3n) is 5.19. The van der Waals surface area contributed by atoms with Crippen molar-refractivity contribution in [3.05, 3.63) is 77.9 Å². The van der Waals surface area contributed by atoms with Crippen molar-refractivity contribution in [2.24, 2.45) is 0 Å². The molecule has 0 aliphatic carbocycles. The number of halogens is 1. The average Bonchev–Trinajstić information content (AvgIpc) is 3.10. The molecule has 0 fully saturated rings. The summed E-state index contributed by atoms with van der Waals surface area (Å²) in [4.78, 5) is 0.105. The van der Waals surface area contributed by atoms with E-state index in [0.717, 1.165) is 54.5 Å². The fraction of sp³-hybridized carbons (Fsp3) is 0.333. The minimum absolute atomic E-state index is 0.105. The summed E-state index contributed by atoms with van der Waals surface area (Å²) in [6.45, 7) is 4.24. The number of rotatable bonds is 9. The Balaban J connectivity index is 2.21. The lowest BCUT2D eigenvalue weighted by Gasteiger charge is -2.12. The van der Waals surface area contributed by atoms with Crippen molar-refractivity contribution in [1.29, 1.82) is 0 Å². The molecule has 2 aromatic carbocycles. The number of aromatic nitrogens is 1. The number of unbranched alkanes of at least 4 members (excludes halogenated alkanes) is 2. The molecule has 1 aromatic heterocycles. The molecular formula is C24H28FNO2S. The van der Waals surface area contributed by atoms with E-state index < -0.39 is 15.8 Å². The normalized spacial score (nSPS) is 11.7. The molecular weight excluding hydrogens is 385 g/mol. The predicted octanol–water partition coefficient (Wildman–Crippen LogP) is 6.22. The van der Waals surface area contributed by atoms with E-state index in [9.17, 15) is 12.8 Å². The molecule has 1 heterocycles. The zero-order valence-corrected chi connectivity index (χ0v) is 17.9. The maximum absolute atomic E-state index is 13.4. The van der Waals surface area contributed by atoms with Gasteiger partial charge in [0.1, 0.15) is 5.82 Å². The van der Waals surface area contributed by atoms with Crippen LogP contribution in [-0.2, 0) is 22.9 Å². The first-order chi connectivity index (χ1) is 14.0. The van der Waals surface area contributed by atoms with Gasteiger partial charge in [-0.05, 0) is 61.1 Å². The molecule has 3 nitrogen and oxygen atoms in total. The van der Waals surface area contributed by atoms with Crippen LogP contribution in [0.15, 0.2) is 65.7 Å². The van der Waals surface area contributed by atoms with Crippen LogP contribution in [0.3, 0.4) is 0 Å². The van der Waals surface area contributed by atoms with Gasteiger partial charge in [0.2, 0.25) is 0 Å². The van der Waals surface area contributed by atoms with Crippen LogP contribution >= 0.6 is 0 Å². The second-order valence-corrected chi connectivity index (χ2v) is 9.11. The highest BCUT2D eigenvalue weighted by molar-refractivity contribution is 7.90. The van der Waals surface area contributed by atoms with E-state index >= 15 is 0 Å². The highest BCUT2D eigenvalue weighted by Crippen LogP contribution is 2.33. The lowest BCUT2D eigenvalue weighted by Crippen LogP contribution is -2.15. The lowest BCUT2D eigenvalue weighted by atomic mass is 9.97. The van der Waals surface area contributed by atoms with Crippen LogP contribution in [0.1, 0.15) is 50.8 Å². The Morgan fingerprint density at radius 1 is 0.862 bits per heavy atom. The molecule has 0 aliphatic rings. The van der Waals surface area contributed by atoms with Crippen LogP contribution in [0.2, 0.25) is 0 Å². The molecule has 0 N–H and O–H groups in total. The molecule has 0 saturated heterocycles. The molecule has 0 bridgehead atoms. The van der Waals surface area contributed by atoms with Gasteiger partial charge in [-0.1, -0.05) is 57.0 Å². The molecule has 0 unspecified atom stereocenters. The monoisotopic (exact) mass is 413 g/mol. The summed E-state index contributed by atoms with van der Waals surface area (Å²) in [5.41, 5.74) is 3.95. The zero-order chi connectivity index (χ0) is 20.9. The van der Waals surface area contributed by atoms with Crippen LogP contribution in [-0.4, -0.2) is 12.4 Å². The van der Waals surface area contributed by atoms with E-state index in [2.05, 4.69) is 13.8 Å². The molecule has 3 aromatic rings. The smallest absolute Gasteiger partial charge is 0.245 e. The predicted molar refractivity (Wildman–Crippen MR) is 116 cm³/mol. The third kappa shape index (κ3) is 4.61. The molecule has 0 amide bonds. The van der Waals surface area contributed by atoms with Crippen molar-refractivity contribution in [3.63, 3.8) is 0 Å². The molecule has 0 saturated carbocycles. The summed E-state index contributed by atoms with van der Waals surface area (Å²) >= 11 is 0. The topological polar surface area (TPSA) is 39.1 Å². The molecule has 0 radical (unpaired) electrons. The van der Waals surface area contributed by atoms with Gasteiger partial charge in [-0.2, -0.15) is 0 Å². The van der Waals surface area contributed by atoms with Crippen molar-refractivity contribution < 1.29 is 12.8 Å². The second kappa shape index (κ2) is 9.40. The Bertz CT molecular complexity index is 1040. The second-order valence-electron chi connectivity index (χ2n) is 7.30. The Labute approximate surface area is 173 Å². The van der Waals surface area contributed by atoms with Crippen molar-refractivity contribution >= 4 is 10.0 Å². The number of hydrogen-bond acceptors (Lipinski definition) is 2. The Kier molecular flexibility index (Phi) is 6.91. The number of benzene rings is 2.